The van der Waals surface area contributed by atoms with E-state index < -0.39 is 16.1 Å². The first-order valence-corrected chi connectivity index (χ1v) is 9.13. The molecule has 0 aliphatic rings. The van der Waals surface area contributed by atoms with Crippen LogP contribution in [0.5, 0.6) is 11.5 Å². The van der Waals surface area contributed by atoms with E-state index in [1.165, 1.54) is 32.4 Å². The fourth-order valence-corrected chi connectivity index (χ4v) is 3.49. The van der Waals surface area contributed by atoms with E-state index in [1.54, 1.807) is 31.2 Å². The number of carbonyl (C=O) groups excluding carboxylic acids is 1. The van der Waals surface area contributed by atoms with Crippen molar-refractivity contribution in [1.29, 1.82) is 0 Å². The van der Waals surface area contributed by atoms with Crippen molar-refractivity contribution in [3.8, 4) is 11.5 Å². The number of methoxy groups -OCH3 is 2. The zero-order valence-electron chi connectivity index (χ0n) is 15.0. The van der Waals surface area contributed by atoms with Gasteiger partial charge in [-0.3, -0.25) is 0 Å². The van der Waals surface area contributed by atoms with Gasteiger partial charge in [0.1, 0.15) is 4.90 Å². The van der Waals surface area contributed by atoms with Crippen LogP contribution in [0.25, 0.3) is 6.08 Å². The minimum absolute atomic E-state index is 0.0589. The average Bonchev–Trinajstić information content (AvgIpc) is 2.62. The van der Waals surface area contributed by atoms with Crippen molar-refractivity contribution >= 4 is 22.2 Å². The largest absolute Gasteiger partial charge is 0.493 e. The molecule has 0 saturated carbocycles. The van der Waals surface area contributed by atoms with E-state index in [9.17, 15) is 13.2 Å². The molecule has 0 N–H and O–H groups in total. The van der Waals surface area contributed by atoms with Gasteiger partial charge in [0.2, 0.25) is 0 Å². The second-order valence-corrected chi connectivity index (χ2v) is 7.09. The molecule has 0 radical (unpaired) electrons. The summed E-state index contributed by atoms with van der Waals surface area (Å²) in [5.74, 6) is -0.212. The van der Waals surface area contributed by atoms with Crippen molar-refractivity contribution in [2.45, 2.75) is 18.7 Å². The van der Waals surface area contributed by atoms with Crippen molar-refractivity contribution in [3.05, 3.63) is 59.2 Å². The molecule has 7 heteroatoms. The molecule has 0 atom stereocenters. The zero-order valence-corrected chi connectivity index (χ0v) is 15.8. The summed E-state index contributed by atoms with van der Waals surface area (Å²) in [6, 6.07) is 9.76. The normalized spacial score (nSPS) is 11.4. The highest BCUT2D eigenvalue weighted by Crippen LogP contribution is 2.32. The summed E-state index contributed by atoms with van der Waals surface area (Å²) in [5, 5.41) is 0. The summed E-state index contributed by atoms with van der Waals surface area (Å²) < 4.78 is 40.3. The lowest BCUT2D eigenvalue weighted by Gasteiger charge is -2.13. The van der Waals surface area contributed by atoms with Gasteiger partial charge in [0.25, 0.3) is 0 Å². The van der Waals surface area contributed by atoms with Crippen LogP contribution in [0.2, 0.25) is 0 Å². The molecule has 2 aromatic rings. The van der Waals surface area contributed by atoms with Gasteiger partial charge >= 0.3 is 16.1 Å². The maximum atomic E-state index is 12.6. The Morgan fingerprint density at radius 3 is 2.38 bits per heavy atom. The van der Waals surface area contributed by atoms with Crippen molar-refractivity contribution in [3.63, 3.8) is 0 Å². The first-order chi connectivity index (χ1) is 12.3. The van der Waals surface area contributed by atoms with Crippen LogP contribution in [0.4, 0.5) is 0 Å². The maximum absolute atomic E-state index is 12.6. The number of benzene rings is 2. The van der Waals surface area contributed by atoms with E-state index >= 15 is 0 Å². The first-order valence-electron chi connectivity index (χ1n) is 7.72. The Labute approximate surface area is 153 Å². The first kappa shape index (κ1) is 19.5. The van der Waals surface area contributed by atoms with Gasteiger partial charge in [0.15, 0.2) is 11.5 Å². The van der Waals surface area contributed by atoms with Gasteiger partial charge in [-0.2, -0.15) is 8.42 Å². The van der Waals surface area contributed by atoms with E-state index in [0.717, 1.165) is 5.56 Å². The molecule has 0 heterocycles. The third kappa shape index (κ3) is 4.64. The van der Waals surface area contributed by atoms with E-state index in [4.69, 9.17) is 8.92 Å². The van der Waals surface area contributed by atoms with Gasteiger partial charge in [-0.15, -0.1) is 0 Å². The summed E-state index contributed by atoms with van der Waals surface area (Å²) in [6.45, 7) is 3.51. The van der Waals surface area contributed by atoms with Crippen LogP contribution < -0.4 is 8.92 Å². The number of carbonyl (C=O) groups is 1. The fourth-order valence-electron chi connectivity index (χ4n) is 2.23. The quantitative estimate of drug-likeness (QED) is 0.437. The lowest BCUT2D eigenvalue weighted by molar-refractivity contribution is -0.134. The third-order valence-corrected chi connectivity index (χ3v) is 4.99. The second kappa shape index (κ2) is 8.05. The minimum atomic E-state index is -4.01. The van der Waals surface area contributed by atoms with Gasteiger partial charge in [0.05, 0.1) is 14.2 Å². The van der Waals surface area contributed by atoms with Gasteiger partial charge < -0.3 is 13.7 Å². The maximum Gasteiger partial charge on any atom is 0.339 e. The van der Waals surface area contributed by atoms with Crippen LogP contribution in [0.15, 0.2) is 47.4 Å². The summed E-state index contributed by atoms with van der Waals surface area (Å²) in [6.07, 6.45) is 2.78. The Kier molecular flexibility index (Phi) is 6.05. The predicted molar refractivity (Wildman–Crippen MR) is 97.8 cm³/mol. The molecular weight excluding hydrogens is 356 g/mol. The second-order valence-electron chi connectivity index (χ2n) is 5.57. The summed E-state index contributed by atoms with van der Waals surface area (Å²) >= 11 is 0. The molecule has 138 valence electrons. The molecule has 0 aromatic heterocycles. The van der Waals surface area contributed by atoms with Crippen molar-refractivity contribution in [2.75, 3.05) is 14.2 Å². The summed E-state index contributed by atoms with van der Waals surface area (Å²) in [7, 11) is -1.33. The number of ether oxygens (including phenoxy) is 2. The Morgan fingerprint density at radius 2 is 1.73 bits per heavy atom. The molecule has 0 bridgehead atoms. The number of hydrogen-bond acceptors (Lipinski definition) is 6. The number of hydrogen-bond donors (Lipinski definition) is 0. The Hall–Kier alpha value is -2.80. The molecule has 0 aliphatic heterocycles. The highest BCUT2D eigenvalue weighted by atomic mass is 32.2. The molecule has 0 unspecified atom stereocenters. The molecule has 0 amide bonds. The highest BCUT2D eigenvalue weighted by Gasteiger charge is 2.21. The molecule has 26 heavy (non-hydrogen) atoms. The standard InChI is InChI=1S/C19H20O6S/c1-13-5-6-14(2)18(11-13)26(21,22)25-16-9-7-15(12-17(16)23-3)8-10-19(20)24-4/h5-12H,1-4H3/b10-8+. The Morgan fingerprint density at radius 1 is 1.00 bits per heavy atom. The van der Waals surface area contributed by atoms with E-state index in [2.05, 4.69) is 4.74 Å². The number of esters is 1. The lowest BCUT2D eigenvalue weighted by atomic mass is 10.2. The van der Waals surface area contributed by atoms with Crippen molar-refractivity contribution in [1.82, 2.24) is 0 Å². The molecule has 0 aliphatic carbocycles. The summed E-state index contributed by atoms with van der Waals surface area (Å²) in [4.78, 5) is 11.3. The lowest BCUT2D eigenvalue weighted by Crippen LogP contribution is -2.12. The van der Waals surface area contributed by atoms with Gasteiger partial charge in [-0.05, 0) is 54.8 Å². The molecule has 2 aromatic carbocycles. The Bertz CT molecular complexity index is 944. The van der Waals surface area contributed by atoms with Gasteiger partial charge in [0, 0.05) is 6.08 Å². The monoisotopic (exact) mass is 376 g/mol. The smallest absolute Gasteiger partial charge is 0.339 e. The highest BCUT2D eigenvalue weighted by molar-refractivity contribution is 7.87. The van der Waals surface area contributed by atoms with Crippen molar-refractivity contribution < 1.29 is 26.9 Å². The average molecular weight is 376 g/mol. The molecule has 0 fully saturated rings. The number of rotatable bonds is 6. The Balaban J connectivity index is 2.35. The van der Waals surface area contributed by atoms with E-state index in [1.807, 2.05) is 13.0 Å². The number of aryl methyl sites for hydroxylation is 2. The minimum Gasteiger partial charge on any atom is -0.493 e. The van der Waals surface area contributed by atoms with Crippen LogP contribution >= 0.6 is 0 Å². The van der Waals surface area contributed by atoms with Crippen LogP contribution in [-0.2, 0) is 19.6 Å². The zero-order chi connectivity index (χ0) is 19.3. The molecule has 6 nitrogen and oxygen atoms in total. The van der Waals surface area contributed by atoms with Crippen LogP contribution in [0.1, 0.15) is 16.7 Å². The predicted octanol–water partition coefficient (Wildman–Crippen LogP) is 3.27. The van der Waals surface area contributed by atoms with Gasteiger partial charge in [-0.1, -0.05) is 18.2 Å². The molecule has 0 saturated heterocycles. The van der Waals surface area contributed by atoms with Crippen LogP contribution in [0.3, 0.4) is 0 Å². The van der Waals surface area contributed by atoms with E-state index in [-0.39, 0.29) is 16.4 Å². The van der Waals surface area contributed by atoms with E-state index in [0.29, 0.717) is 11.1 Å². The van der Waals surface area contributed by atoms with Gasteiger partial charge in [-0.25, -0.2) is 4.79 Å². The topological polar surface area (TPSA) is 78.9 Å². The van der Waals surface area contributed by atoms with Crippen LogP contribution in [0, 0.1) is 13.8 Å². The summed E-state index contributed by atoms with van der Waals surface area (Å²) in [5.41, 5.74) is 2.03. The molecule has 0 spiro atoms. The van der Waals surface area contributed by atoms with Crippen molar-refractivity contribution in [2.24, 2.45) is 0 Å². The molecular formula is C19H20O6S. The molecule has 2 rings (SSSR count). The van der Waals surface area contributed by atoms with Crippen LogP contribution in [-0.4, -0.2) is 28.6 Å². The third-order valence-electron chi connectivity index (χ3n) is 3.61. The fraction of sp³-hybridized carbons (Fsp3) is 0.211. The SMILES string of the molecule is COC(=O)/C=C/c1ccc(OS(=O)(=O)c2cc(C)ccc2C)c(OC)c1.